The molecule has 6 aromatic carbocycles. The van der Waals surface area contributed by atoms with Crippen LogP contribution in [0.1, 0.15) is 0 Å². The molecule has 0 aromatic heterocycles. The van der Waals surface area contributed by atoms with Crippen molar-refractivity contribution in [3.8, 4) is 22.3 Å². The lowest BCUT2D eigenvalue weighted by atomic mass is 9.86. The van der Waals surface area contributed by atoms with Crippen LogP contribution in [0.5, 0.6) is 0 Å². The Morgan fingerprint density at radius 1 is 0.346 bits per heavy atom. The van der Waals surface area contributed by atoms with Gasteiger partial charge >= 0.3 is 0 Å². The molecule has 0 nitrogen and oxygen atoms in total. The van der Waals surface area contributed by atoms with E-state index in [4.69, 9.17) is 0 Å². The van der Waals surface area contributed by atoms with Crippen LogP contribution in [0.3, 0.4) is 0 Å². The Morgan fingerprint density at radius 3 is 1.27 bits per heavy atom. The van der Waals surface area contributed by atoms with Crippen molar-refractivity contribution < 1.29 is 0 Å². The van der Waals surface area contributed by atoms with Gasteiger partial charge in [0.2, 0.25) is 0 Å². The third-order valence-electron chi connectivity index (χ3n) is 6.12. The molecule has 0 heterocycles. The predicted octanol–water partition coefficient (Wildman–Crippen LogP) is 7.38. The third-order valence-corrected chi connectivity index (χ3v) is 6.12. The van der Waals surface area contributed by atoms with E-state index in [2.05, 4.69) is 84.9 Å². The maximum absolute atomic E-state index is 2.30. The first-order valence-corrected chi connectivity index (χ1v) is 9.14. The van der Waals surface area contributed by atoms with Crippen molar-refractivity contribution >= 4 is 43.1 Å². The Labute approximate surface area is 150 Å². The first-order chi connectivity index (χ1) is 12.9. The van der Waals surface area contributed by atoms with Gasteiger partial charge in [-0.15, -0.1) is 0 Å². The van der Waals surface area contributed by atoms with Crippen LogP contribution < -0.4 is 0 Å². The summed E-state index contributed by atoms with van der Waals surface area (Å²) >= 11 is 0. The van der Waals surface area contributed by atoms with Crippen LogP contribution in [0.2, 0.25) is 0 Å². The number of hydrogen-bond acceptors (Lipinski definition) is 0. The van der Waals surface area contributed by atoms with Crippen LogP contribution >= 0.6 is 0 Å². The smallest absolute Gasteiger partial charge is 0.00134 e. The van der Waals surface area contributed by atoms with Gasteiger partial charge in [-0.2, -0.15) is 0 Å². The van der Waals surface area contributed by atoms with Crippen molar-refractivity contribution in [2.45, 2.75) is 0 Å². The third kappa shape index (κ3) is 1.32. The van der Waals surface area contributed by atoms with Gasteiger partial charge in [0.05, 0.1) is 0 Å². The Balaban J connectivity index is 1.91. The van der Waals surface area contributed by atoms with Crippen LogP contribution in [-0.2, 0) is 0 Å². The minimum atomic E-state index is 1.33. The van der Waals surface area contributed by atoms with Crippen molar-refractivity contribution in [1.82, 2.24) is 0 Å². The first-order valence-electron chi connectivity index (χ1n) is 9.14. The molecule has 0 unspecified atom stereocenters. The van der Waals surface area contributed by atoms with Crippen molar-refractivity contribution in [2.24, 2.45) is 0 Å². The molecule has 0 saturated carbocycles. The van der Waals surface area contributed by atoms with E-state index < -0.39 is 0 Å². The number of fused-ring (bicyclic) bond motifs is 5. The summed E-state index contributed by atoms with van der Waals surface area (Å²) in [4.78, 5) is 0. The zero-order valence-corrected chi connectivity index (χ0v) is 14.1. The summed E-state index contributed by atoms with van der Waals surface area (Å²) in [6.45, 7) is 0. The summed E-state index contributed by atoms with van der Waals surface area (Å²) < 4.78 is 0. The van der Waals surface area contributed by atoms with Gasteiger partial charge in [0.15, 0.2) is 0 Å². The lowest BCUT2D eigenvalue weighted by Crippen LogP contribution is -1.88. The molecular weight excluding hydrogens is 312 g/mol. The number of hydrogen-bond donors (Lipinski definition) is 0. The molecular formula is C26H14. The molecule has 0 heteroatoms. The minimum Gasteiger partial charge on any atom is -0.0610 e. The quantitative estimate of drug-likeness (QED) is 0.255. The molecule has 0 bridgehead atoms. The van der Waals surface area contributed by atoms with Crippen molar-refractivity contribution in [1.29, 1.82) is 0 Å². The second-order valence-corrected chi connectivity index (χ2v) is 7.33. The van der Waals surface area contributed by atoms with Gasteiger partial charge in [0.1, 0.15) is 0 Å². The fourth-order valence-corrected chi connectivity index (χ4v) is 5.16. The summed E-state index contributed by atoms with van der Waals surface area (Å²) in [6.07, 6.45) is 0. The second kappa shape index (κ2) is 4.23. The van der Waals surface area contributed by atoms with Crippen LogP contribution in [0, 0.1) is 0 Å². The zero-order valence-electron chi connectivity index (χ0n) is 14.1. The highest BCUT2D eigenvalue weighted by atomic mass is 14.3. The Hall–Kier alpha value is -3.38. The highest BCUT2D eigenvalue weighted by Crippen LogP contribution is 2.54. The minimum absolute atomic E-state index is 1.33. The van der Waals surface area contributed by atoms with Crippen molar-refractivity contribution in [2.75, 3.05) is 0 Å². The van der Waals surface area contributed by atoms with E-state index >= 15 is 0 Å². The Morgan fingerprint density at radius 2 is 0.769 bits per heavy atom. The van der Waals surface area contributed by atoms with Gasteiger partial charge in [-0.3, -0.25) is 0 Å². The van der Waals surface area contributed by atoms with Gasteiger partial charge in [-0.1, -0.05) is 84.9 Å². The molecule has 0 amide bonds. The molecule has 1 aliphatic rings. The molecule has 0 radical (unpaired) electrons. The Kier molecular flexibility index (Phi) is 2.10. The van der Waals surface area contributed by atoms with Gasteiger partial charge in [-0.05, 0) is 65.3 Å². The number of benzene rings is 6. The molecule has 0 atom stereocenters. The normalized spacial score (nSPS) is 12.6. The standard InChI is InChI=1S/C26H14/c1-5-15-6-2-10-19-22(15)18(9-1)25-20-11-3-7-16-13-14-17-8-4-12-21(26(19)25)24(17)23(16)20/h1-14H. The van der Waals surface area contributed by atoms with Gasteiger partial charge in [-0.25, -0.2) is 0 Å². The van der Waals surface area contributed by atoms with Gasteiger partial charge in [0, 0.05) is 0 Å². The largest absolute Gasteiger partial charge is 0.0610 e. The van der Waals surface area contributed by atoms with Crippen LogP contribution in [0.25, 0.3) is 65.3 Å². The summed E-state index contributed by atoms with van der Waals surface area (Å²) in [5.41, 5.74) is 5.58. The molecule has 6 aromatic rings. The van der Waals surface area contributed by atoms with Crippen LogP contribution in [-0.4, -0.2) is 0 Å². The zero-order chi connectivity index (χ0) is 16.8. The average molecular weight is 326 g/mol. The van der Waals surface area contributed by atoms with E-state index in [0.29, 0.717) is 0 Å². The van der Waals surface area contributed by atoms with E-state index in [9.17, 15) is 0 Å². The fourth-order valence-electron chi connectivity index (χ4n) is 5.16. The average Bonchev–Trinajstić information content (AvgIpc) is 3.04. The molecule has 0 aliphatic heterocycles. The van der Waals surface area contributed by atoms with Crippen LogP contribution in [0.15, 0.2) is 84.9 Å². The topological polar surface area (TPSA) is 0 Å². The van der Waals surface area contributed by atoms with Crippen molar-refractivity contribution in [3.63, 3.8) is 0 Å². The lowest BCUT2D eigenvalue weighted by Gasteiger charge is -2.16. The fraction of sp³-hybridized carbons (Fsp3) is 0. The second-order valence-electron chi connectivity index (χ2n) is 7.33. The SMILES string of the molecule is c1cc2c3c(cccc3c1)-c1c-2c2cccc3ccc4cccc1c4c32. The summed E-state index contributed by atoms with van der Waals surface area (Å²) in [6, 6.07) is 31.4. The maximum Gasteiger partial charge on any atom is -0.00134 e. The highest BCUT2D eigenvalue weighted by Gasteiger charge is 2.26. The van der Waals surface area contributed by atoms with Crippen molar-refractivity contribution in [3.05, 3.63) is 84.9 Å². The van der Waals surface area contributed by atoms with Gasteiger partial charge < -0.3 is 0 Å². The molecule has 0 saturated heterocycles. The predicted molar refractivity (Wildman–Crippen MR) is 112 cm³/mol. The Bertz CT molecular complexity index is 1410. The van der Waals surface area contributed by atoms with Gasteiger partial charge in [0.25, 0.3) is 0 Å². The van der Waals surface area contributed by atoms with Crippen LogP contribution in [0.4, 0.5) is 0 Å². The van der Waals surface area contributed by atoms with E-state index in [0.717, 1.165) is 0 Å². The molecule has 0 fully saturated rings. The molecule has 0 N–H and O–H groups in total. The molecule has 0 spiro atoms. The highest BCUT2D eigenvalue weighted by molar-refractivity contribution is 6.35. The first kappa shape index (κ1) is 12.9. The van der Waals surface area contributed by atoms with E-state index in [-0.39, 0.29) is 0 Å². The molecule has 26 heavy (non-hydrogen) atoms. The van der Waals surface area contributed by atoms with E-state index in [1.807, 2.05) is 0 Å². The summed E-state index contributed by atoms with van der Waals surface area (Å²) in [7, 11) is 0. The molecule has 1 aliphatic carbocycles. The van der Waals surface area contributed by atoms with E-state index in [1.54, 1.807) is 0 Å². The number of rotatable bonds is 0. The lowest BCUT2D eigenvalue weighted by molar-refractivity contribution is 1.76. The summed E-state index contributed by atoms with van der Waals surface area (Å²) in [5.74, 6) is 0. The maximum atomic E-state index is 2.30. The molecule has 118 valence electrons. The van der Waals surface area contributed by atoms with E-state index in [1.165, 1.54) is 65.3 Å². The summed E-state index contributed by atoms with van der Waals surface area (Å²) in [5, 5.41) is 11.0. The monoisotopic (exact) mass is 326 g/mol. The molecule has 7 rings (SSSR count).